The van der Waals surface area contributed by atoms with Crippen LogP contribution in [-0.4, -0.2) is 17.1 Å². The van der Waals surface area contributed by atoms with Gasteiger partial charge in [-0.3, -0.25) is 4.79 Å². The Hall–Kier alpha value is -0.830. The summed E-state index contributed by atoms with van der Waals surface area (Å²) >= 11 is 0. The van der Waals surface area contributed by atoms with Crippen molar-refractivity contribution >= 4 is 5.97 Å². The molecular weight excluding hydrogens is 154 g/mol. The minimum Gasteiger partial charge on any atom is -0.480 e. The molecule has 0 aliphatic heterocycles. The number of rotatable bonds is 5. The van der Waals surface area contributed by atoms with E-state index in [2.05, 4.69) is 6.08 Å². The van der Waals surface area contributed by atoms with Crippen molar-refractivity contribution in [2.24, 2.45) is 5.73 Å². The first-order valence-electron chi connectivity index (χ1n) is 4.15. The number of hydrogen-bond donors (Lipinski definition) is 2. The Morgan fingerprint density at radius 3 is 2.58 bits per heavy atom. The molecule has 0 amide bonds. The van der Waals surface area contributed by atoms with Gasteiger partial charge in [-0.2, -0.15) is 0 Å². The highest BCUT2D eigenvalue weighted by atomic mass is 16.4. The highest BCUT2D eigenvalue weighted by Crippen LogP contribution is 2.02. The van der Waals surface area contributed by atoms with Gasteiger partial charge in [-0.05, 0) is 33.1 Å². The van der Waals surface area contributed by atoms with Gasteiger partial charge in [0.15, 0.2) is 0 Å². The number of carbonyl (C=O) groups is 1. The third-order valence-electron chi connectivity index (χ3n) is 1.59. The molecule has 0 saturated heterocycles. The first kappa shape index (κ1) is 11.2. The van der Waals surface area contributed by atoms with Crippen LogP contribution < -0.4 is 5.73 Å². The van der Waals surface area contributed by atoms with Gasteiger partial charge in [0.2, 0.25) is 0 Å². The normalized spacial score (nSPS) is 12.2. The second-order valence-electron chi connectivity index (χ2n) is 3.16. The standard InChI is InChI=1S/C9H17NO2/c1-7(2)5-3-4-6-8(10)9(11)12/h5,8H,3-4,6,10H2,1-2H3,(H,11,12). The molecule has 0 aromatic carbocycles. The van der Waals surface area contributed by atoms with E-state index in [1.54, 1.807) is 0 Å². The zero-order chi connectivity index (χ0) is 9.56. The van der Waals surface area contributed by atoms with Crippen molar-refractivity contribution in [1.29, 1.82) is 0 Å². The lowest BCUT2D eigenvalue weighted by molar-refractivity contribution is -0.138. The Kier molecular flexibility index (Phi) is 5.37. The van der Waals surface area contributed by atoms with Crippen molar-refractivity contribution in [2.75, 3.05) is 0 Å². The molecule has 0 radical (unpaired) electrons. The van der Waals surface area contributed by atoms with E-state index in [9.17, 15) is 4.79 Å². The number of allylic oxidation sites excluding steroid dienone is 2. The number of carboxylic acids is 1. The van der Waals surface area contributed by atoms with Gasteiger partial charge < -0.3 is 10.8 Å². The number of hydrogen-bond acceptors (Lipinski definition) is 2. The van der Waals surface area contributed by atoms with Crippen LogP contribution in [0, 0.1) is 0 Å². The second-order valence-corrected chi connectivity index (χ2v) is 3.16. The van der Waals surface area contributed by atoms with E-state index in [1.165, 1.54) is 5.57 Å². The van der Waals surface area contributed by atoms with Gasteiger partial charge in [-0.25, -0.2) is 0 Å². The average Bonchev–Trinajstić information content (AvgIpc) is 1.97. The number of unbranched alkanes of at least 4 members (excludes halogenated alkanes) is 1. The predicted octanol–water partition coefficient (Wildman–Crippen LogP) is 1.53. The summed E-state index contributed by atoms with van der Waals surface area (Å²) in [4.78, 5) is 10.3. The van der Waals surface area contributed by atoms with Gasteiger partial charge in [-0.15, -0.1) is 0 Å². The molecule has 0 spiro atoms. The quantitative estimate of drug-likeness (QED) is 0.487. The van der Waals surface area contributed by atoms with Gasteiger partial charge in [0.05, 0.1) is 0 Å². The van der Waals surface area contributed by atoms with Crippen LogP contribution in [0.4, 0.5) is 0 Å². The Labute approximate surface area is 73.3 Å². The predicted molar refractivity (Wildman–Crippen MR) is 48.9 cm³/mol. The maximum atomic E-state index is 10.3. The summed E-state index contributed by atoms with van der Waals surface area (Å²) in [5.74, 6) is -0.910. The van der Waals surface area contributed by atoms with E-state index >= 15 is 0 Å². The Morgan fingerprint density at radius 2 is 2.17 bits per heavy atom. The smallest absolute Gasteiger partial charge is 0.320 e. The third kappa shape index (κ3) is 5.92. The van der Waals surface area contributed by atoms with Crippen LogP contribution in [0.25, 0.3) is 0 Å². The lowest BCUT2D eigenvalue weighted by Crippen LogP contribution is -2.29. The van der Waals surface area contributed by atoms with Crippen molar-refractivity contribution in [1.82, 2.24) is 0 Å². The highest BCUT2D eigenvalue weighted by Gasteiger charge is 2.09. The molecule has 1 atom stereocenters. The molecule has 3 nitrogen and oxygen atoms in total. The SMILES string of the molecule is CC(C)=CCCCC(N)C(=O)O. The molecule has 3 heteroatoms. The van der Waals surface area contributed by atoms with E-state index < -0.39 is 12.0 Å². The highest BCUT2D eigenvalue weighted by molar-refractivity contribution is 5.72. The largest absolute Gasteiger partial charge is 0.480 e. The summed E-state index contributed by atoms with van der Waals surface area (Å²) in [6.45, 7) is 4.05. The first-order chi connectivity index (χ1) is 5.54. The second kappa shape index (κ2) is 5.77. The van der Waals surface area contributed by atoms with E-state index in [4.69, 9.17) is 10.8 Å². The molecule has 12 heavy (non-hydrogen) atoms. The Morgan fingerprint density at radius 1 is 1.58 bits per heavy atom. The van der Waals surface area contributed by atoms with Crippen molar-refractivity contribution in [3.63, 3.8) is 0 Å². The third-order valence-corrected chi connectivity index (χ3v) is 1.59. The minimum absolute atomic E-state index is 0.555. The fraction of sp³-hybridized carbons (Fsp3) is 0.667. The van der Waals surface area contributed by atoms with Crippen LogP contribution in [-0.2, 0) is 4.79 Å². The first-order valence-corrected chi connectivity index (χ1v) is 4.15. The molecule has 1 unspecified atom stereocenters. The topological polar surface area (TPSA) is 63.3 Å². The van der Waals surface area contributed by atoms with Crippen LogP contribution >= 0.6 is 0 Å². The van der Waals surface area contributed by atoms with Crippen molar-refractivity contribution < 1.29 is 9.90 Å². The molecule has 0 saturated carbocycles. The van der Waals surface area contributed by atoms with Crippen molar-refractivity contribution in [3.8, 4) is 0 Å². The van der Waals surface area contributed by atoms with Gasteiger partial charge in [0, 0.05) is 0 Å². The number of aliphatic carboxylic acids is 1. The van der Waals surface area contributed by atoms with E-state index in [0.29, 0.717) is 6.42 Å². The Balaban J connectivity index is 3.44. The molecule has 0 aliphatic rings. The number of nitrogens with two attached hydrogens (primary N) is 1. The van der Waals surface area contributed by atoms with Gasteiger partial charge >= 0.3 is 5.97 Å². The van der Waals surface area contributed by atoms with E-state index in [0.717, 1.165) is 12.8 Å². The molecule has 0 aromatic rings. The molecule has 0 aromatic heterocycles. The molecule has 0 bridgehead atoms. The average molecular weight is 171 g/mol. The molecule has 70 valence electrons. The summed E-state index contributed by atoms with van der Waals surface area (Å²) in [5.41, 5.74) is 6.58. The summed E-state index contributed by atoms with van der Waals surface area (Å²) in [5, 5.41) is 8.45. The zero-order valence-electron chi connectivity index (χ0n) is 7.71. The fourth-order valence-electron chi connectivity index (χ4n) is 0.852. The lowest BCUT2D eigenvalue weighted by atomic mass is 10.1. The van der Waals surface area contributed by atoms with Crippen LogP contribution in [0.2, 0.25) is 0 Å². The van der Waals surface area contributed by atoms with Crippen molar-refractivity contribution in [3.05, 3.63) is 11.6 Å². The Bertz CT molecular complexity index is 171. The maximum absolute atomic E-state index is 10.3. The molecule has 0 heterocycles. The van der Waals surface area contributed by atoms with Gasteiger partial charge in [-0.1, -0.05) is 11.6 Å². The van der Waals surface area contributed by atoms with Crippen LogP contribution in [0.15, 0.2) is 11.6 Å². The zero-order valence-corrected chi connectivity index (χ0v) is 7.71. The monoisotopic (exact) mass is 171 g/mol. The van der Waals surface area contributed by atoms with E-state index in [-0.39, 0.29) is 0 Å². The summed E-state index contributed by atoms with van der Waals surface area (Å²) in [6.07, 6.45) is 4.41. The summed E-state index contributed by atoms with van der Waals surface area (Å²) in [6, 6.07) is -0.699. The van der Waals surface area contributed by atoms with Crippen LogP contribution in [0.5, 0.6) is 0 Å². The molecule has 3 N–H and O–H groups in total. The molecule has 0 aliphatic carbocycles. The van der Waals surface area contributed by atoms with E-state index in [1.807, 2.05) is 13.8 Å². The lowest BCUT2D eigenvalue weighted by Gasteiger charge is -2.03. The van der Waals surface area contributed by atoms with Gasteiger partial charge in [0.25, 0.3) is 0 Å². The number of carboxylic acid groups (broad SMARTS) is 1. The van der Waals surface area contributed by atoms with Crippen molar-refractivity contribution in [2.45, 2.75) is 39.2 Å². The van der Waals surface area contributed by atoms with Gasteiger partial charge in [0.1, 0.15) is 6.04 Å². The molecular formula is C9H17NO2. The minimum atomic E-state index is -0.910. The van der Waals surface area contributed by atoms with Crippen LogP contribution in [0.1, 0.15) is 33.1 Å². The molecule has 0 fully saturated rings. The summed E-state index contributed by atoms with van der Waals surface area (Å²) < 4.78 is 0. The molecule has 0 rings (SSSR count). The summed E-state index contributed by atoms with van der Waals surface area (Å²) in [7, 11) is 0. The van der Waals surface area contributed by atoms with Crippen LogP contribution in [0.3, 0.4) is 0 Å². The maximum Gasteiger partial charge on any atom is 0.320 e. The fourth-order valence-corrected chi connectivity index (χ4v) is 0.852.